The molecule has 0 radical (unpaired) electrons. The zero-order valence-corrected chi connectivity index (χ0v) is 20.5. The largest absolute Gasteiger partial charge is 0.456 e. The molecule has 7 nitrogen and oxygen atoms in total. The first kappa shape index (κ1) is 24.5. The Balaban J connectivity index is 1.54. The van der Waals surface area contributed by atoms with Crippen LogP contribution in [0, 0.1) is 17.2 Å². The molecule has 1 amide bonds. The average molecular weight is 473 g/mol. The summed E-state index contributed by atoms with van der Waals surface area (Å²) < 4.78 is 6.05. The van der Waals surface area contributed by atoms with Crippen molar-refractivity contribution in [1.29, 1.82) is 5.26 Å². The van der Waals surface area contributed by atoms with Gasteiger partial charge in [-0.1, -0.05) is 25.1 Å². The normalized spacial score (nSPS) is 16.0. The standard InChI is InChI=1S/C28H32N4O3/c1-19(18-33)17-30-28(34)25(16-29)20(2)26-8-9-27(35-26)23-5-4-22-15-24(7-6-21(22)14-23)32-12-10-31(3)11-13-32/h4-9,14-15,19,33H,10-13,17-18H2,1-3H3,(H,30,34)/b25-20+. The van der Waals surface area contributed by atoms with Crippen LogP contribution in [0.3, 0.4) is 0 Å². The fourth-order valence-corrected chi connectivity index (χ4v) is 4.19. The highest BCUT2D eigenvalue weighted by atomic mass is 16.3. The van der Waals surface area contributed by atoms with Gasteiger partial charge < -0.3 is 24.6 Å². The minimum absolute atomic E-state index is 0.00554. The molecular weight excluding hydrogens is 440 g/mol. The molecule has 1 unspecified atom stereocenters. The number of aliphatic hydroxyl groups is 1. The number of aliphatic hydroxyl groups excluding tert-OH is 1. The lowest BCUT2D eigenvalue weighted by Crippen LogP contribution is -2.44. The Morgan fingerprint density at radius 3 is 2.54 bits per heavy atom. The van der Waals surface area contributed by atoms with Gasteiger partial charge in [-0.05, 0) is 61.0 Å². The van der Waals surface area contributed by atoms with Crippen LogP contribution in [0.1, 0.15) is 19.6 Å². The minimum Gasteiger partial charge on any atom is -0.456 e. The van der Waals surface area contributed by atoms with Crippen LogP contribution in [-0.2, 0) is 4.79 Å². The number of fused-ring (bicyclic) bond motifs is 1. The van der Waals surface area contributed by atoms with Gasteiger partial charge >= 0.3 is 0 Å². The zero-order valence-electron chi connectivity index (χ0n) is 20.5. The number of hydrogen-bond donors (Lipinski definition) is 2. The van der Waals surface area contributed by atoms with E-state index < -0.39 is 5.91 Å². The smallest absolute Gasteiger partial charge is 0.262 e. The van der Waals surface area contributed by atoms with E-state index in [0.717, 1.165) is 37.1 Å². The number of furan rings is 1. The average Bonchev–Trinajstić information content (AvgIpc) is 3.38. The molecule has 0 bridgehead atoms. The fourth-order valence-electron chi connectivity index (χ4n) is 4.19. The molecule has 182 valence electrons. The maximum absolute atomic E-state index is 12.5. The van der Waals surface area contributed by atoms with E-state index in [1.54, 1.807) is 13.0 Å². The maximum Gasteiger partial charge on any atom is 0.262 e. The Morgan fingerprint density at radius 2 is 1.83 bits per heavy atom. The number of nitrogens with zero attached hydrogens (tertiary/aromatic N) is 3. The van der Waals surface area contributed by atoms with E-state index in [-0.39, 0.29) is 18.1 Å². The van der Waals surface area contributed by atoms with E-state index in [1.807, 2.05) is 25.1 Å². The number of rotatable bonds is 7. The van der Waals surface area contributed by atoms with E-state index in [2.05, 4.69) is 52.5 Å². The van der Waals surface area contributed by atoms with Crippen molar-refractivity contribution in [1.82, 2.24) is 10.2 Å². The van der Waals surface area contributed by atoms with Gasteiger partial charge in [-0.25, -0.2) is 0 Å². The lowest BCUT2D eigenvalue weighted by atomic mass is 10.0. The van der Waals surface area contributed by atoms with Gasteiger partial charge in [0.05, 0.1) is 0 Å². The topological polar surface area (TPSA) is 92.7 Å². The Labute approximate surface area is 206 Å². The van der Waals surface area contributed by atoms with Gasteiger partial charge in [0.1, 0.15) is 23.2 Å². The molecule has 2 N–H and O–H groups in total. The van der Waals surface area contributed by atoms with Gasteiger partial charge in [0.2, 0.25) is 0 Å². The van der Waals surface area contributed by atoms with Crippen LogP contribution in [-0.4, -0.2) is 62.3 Å². The number of amides is 1. The third-order valence-corrected chi connectivity index (χ3v) is 6.59. The second kappa shape index (κ2) is 10.8. The van der Waals surface area contributed by atoms with Crippen molar-refractivity contribution in [3.63, 3.8) is 0 Å². The molecule has 0 aliphatic carbocycles. The van der Waals surface area contributed by atoms with Crippen molar-refractivity contribution >= 4 is 27.9 Å². The number of benzene rings is 2. The Kier molecular flexibility index (Phi) is 7.54. The summed E-state index contributed by atoms with van der Waals surface area (Å²) >= 11 is 0. The van der Waals surface area contributed by atoms with Gasteiger partial charge in [-0.2, -0.15) is 5.26 Å². The summed E-state index contributed by atoms with van der Waals surface area (Å²) in [5.74, 6) is 0.605. The molecule has 1 aliphatic heterocycles. The number of nitriles is 1. The number of carbonyl (C=O) groups is 1. The monoisotopic (exact) mass is 472 g/mol. The molecule has 0 spiro atoms. The molecular formula is C28H32N4O3. The summed E-state index contributed by atoms with van der Waals surface area (Å²) in [6.07, 6.45) is 0. The van der Waals surface area contributed by atoms with Crippen LogP contribution < -0.4 is 10.2 Å². The van der Waals surface area contributed by atoms with E-state index in [9.17, 15) is 10.1 Å². The molecule has 2 heterocycles. The lowest BCUT2D eigenvalue weighted by molar-refractivity contribution is -0.117. The molecule has 0 saturated carbocycles. The molecule has 2 aromatic carbocycles. The quantitative estimate of drug-likeness (QED) is 0.400. The van der Waals surface area contributed by atoms with E-state index in [1.165, 1.54) is 11.1 Å². The SMILES string of the molecule is C/C(=C(/C#N)C(=O)NCC(C)CO)c1ccc(-c2ccc3cc(N4CCN(C)CC4)ccc3c2)o1. The highest BCUT2D eigenvalue weighted by Crippen LogP contribution is 2.31. The van der Waals surface area contributed by atoms with E-state index in [4.69, 9.17) is 9.52 Å². The molecule has 1 aromatic heterocycles. The summed E-state index contributed by atoms with van der Waals surface area (Å²) in [4.78, 5) is 17.2. The van der Waals surface area contributed by atoms with Crippen molar-refractivity contribution in [2.24, 2.45) is 5.92 Å². The molecule has 4 rings (SSSR count). The van der Waals surface area contributed by atoms with Crippen LogP contribution >= 0.6 is 0 Å². The maximum atomic E-state index is 12.5. The number of nitrogens with one attached hydrogen (secondary N) is 1. The summed E-state index contributed by atoms with van der Waals surface area (Å²) in [6, 6.07) is 18.4. The second-order valence-electron chi connectivity index (χ2n) is 9.31. The summed E-state index contributed by atoms with van der Waals surface area (Å²) in [6.45, 7) is 8.00. The fraction of sp³-hybridized carbons (Fsp3) is 0.357. The van der Waals surface area contributed by atoms with Crippen LogP contribution in [0.5, 0.6) is 0 Å². The second-order valence-corrected chi connectivity index (χ2v) is 9.31. The Morgan fingerprint density at radius 1 is 1.11 bits per heavy atom. The van der Waals surface area contributed by atoms with Crippen molar-refractivity contribution in [3.05, 3.63) is 59.9 Å². The van der Waals surface area contributed by atoms with Gasteiger partial charge in [-0.15, -0.1) is 0 Å². The molecule has 1 atom stereocenters. The molecule has 7 heteroatoms. The number of hydrogen-bond acceptors (Lipinski definition) is 6. The summed E-state index contributed by atoms with van der Waals surface area (Å²) in [5.41, 5.74) is 2.66. The molecule has 3 aromatic rings. The van der Waals surface area contributed by atoms with Crippen LogP contribution in [0.15, 0.2) is 58.5 Å². The third-order valence-electron chi connectivity index (χ3n) is 6.59. The highest BCUT2D eigenvalue weighted by molar-refractivity contribution is 6.04. The number of allylic oxidation sites excluding steroid dienone is 1. The van der Waals surface area contributed by atoms with Crippen LogP contribution in [0.4, 0.5) is 5.69 Å². The number of piperazine rings is 1. The zero-order chi connectivity index (χ0) is 24.9. The van der Waals surface area contributed by atoms with Crippen LogP contribution in [0.25, 0.3) is 27.7 Å². The first-order valence-electron chi connectivity index (χ1n) is 12.0. The minimum atomic E-state index is -0.467. The predicted molar refractivity (Wildman–Crippen MR) is 139 cm³/mol. The number of likely N-dealkylation sites (N-methyl/N-ethyl adjacent to an activating group) is 1. The van der Waals surface area contributed by atoms with Crippen LogP contribution in [0.2, 0.25) is 0 Å². The van der Waals surface area contributed by atoms with Gasteiger partial charge in [0.15, 0.2) is 0 Å². The number of carbonyl (C=O) groups excluding carboxylic acids is 1. The van der Waals surface area contributed by atoms with Gasteiger partial charge in [-0.3, -0.25) is 4.79 Å². The summed E-state index contributed by atoms with van der Waals surface area (Å²) in [7, 11) is 2.16. The first-order valence-corrected chi connectivity index (χ1v) is 12.0. The summed E-state index contributed by atoms with van der Waals surface area (Å²) in [5, 5.41) is 23.7. The number of anilines is 1. The Bertz CT molecular complexity index is 1280. The molecule has 1 fully saturated rings. The Hall–Kier alpha value is -3.60. The van der Waals surface area contributed by atoms with Crippen molar-refractivity contribution in [3.8, 4) is 17.4 Å². The predicted octanol–water partition coefficient (Wildman–Crippen LogP) is 3.89. The van der Waals surface area contributed by atoms with Gasteiger partial charge in [0.25, 0.3) is 5.91 Å². The van der Waals surface area contributed by atoms with Crippen molar-refractivity contribution < 1.29 is 14.3 Å². The third kappa shape index (κ3) is 5.56. The highest BCUT2D eigenvalue weighted by Gasteiger charge is 2.18. The van der Waals surface area contributed by atoms with E-state index >= 15 is 0 Å². The molecule has 1 saturated heterocycles. The molecule has 35 heavy (non-hydrogen) atoms. The van der Waals surface area contributed by atoms with Crippen molar-refractivity contribution in [2.75, 3.05) is 51.3 Å². The lowest BCUT2D eigenvalue weighted by Gasteiger charge is -2.34. The van der Waals surface area contributed by atoms with E-state index in [0.29, 0.717) is 23.6 Å². The van der Waals surface area contributed by atoms with Gasteiger partial charge in [0, 0.05) is 56.2 Å². The first-order chi connectivity index (χ1) is 16.9. The van der Waals surface area contributed by atoms with Crippen molar-refractivity contribution in [2.45, 2.75) is 13.8 Å². The molecule has 1 aliphatic rings.